The molecule has 0 fully saturated rings. The Bertz CT molecular complexity index is 162. The second-order valence-electron chi connectivity index (χ2n) is 1.60. The van der Waals surface area contributed by atoms with Crippen LogP contribution in [0.3, 0.4) is 0 Å². The fourth-order valence-electron chi connectivity index (χ4n) is 0.580. The molecule has 1 heterocycles. The maximum atomic E-state index is 5.09. The highest BCUT2D eigenvalue weighted by molar-refractivity contribution is 5.08. The van der Waals surface area contributed by atoms with Crippen molar-refractivity contribution in [2.75, 3.05) is 6.61 Å². The molecule has 0 radical (unpaired) electrons. The molecule has 1 rings (SSSR count). The van der Waals surface area contributed by atoms with Crippen molar-refractivity contribution in [2.45, 2.75) is 20.8 Å². The number of hydrogen-bond donors (Lipinski definition) is 0. The molecule has 0 saturated carbocycles. The number of nitrogens with zero attached hydrogens (tertiary/aromatic N) is 1. The molecule has 1 aromatic heterocycles. The lowest BCUT2D eigenvalue weighted by Crippen LogP contribution is -1.92. The number of ether oxygens (including phenoxy) is 1. The molecule has 0 aliphatic rings. The Hall–Kier alpha value is -1.05. The fraction of sp³-hybridized carbons (Fsp3) is 0.444. The first-order valence-electron chi connectivity index (χ1n) is 3.97. The maximum absolute atomic E-state index is 5.09. The molecule has 0 unspecified atom stereocenters. The van der Waals surface area contributed by atoms with Crippen molar-refractivity contribution in [2.24, 2.45) is 0 Å². The van der Waals surface area contributed by atoms with E-state index in [0.29, 0.717) is 12.5 Å². The highest BCUT2D eigenvalue weighted by Crippen LogP contribution is 2.01. The van der Waals surface area contributed by atoms with Gasteiger partial charge in [0.1, 0.15) is 0 Å². The van der Waals surface area contributed by atoms with Gasteiger partial charge < -0.3 is 4.74 Å². The third-order valence-electron chi connectivity index (χ3n) is 0.930. The smallest absolute Gasteiger partial charge is 0.213 e. The van der Waals surface area contributed by atoms with Crippen LogP contribution in [0.25, 0.3) is 0 Å². The van der Waals surface area contributed by atoms with E-state index in [9.17, 15) is 0 Å². The number of aromatic nitrogens is 1. The molecule has 2 heteroatoms. The van der Waals surface area contributed by atoms with Gasteiger partial charge in [0.25, 0.3) is 0 Å². The summed E-state index contributed by atoms with van der Waals surface area (Å²) in [5.41, 5.74) is 0. The Labute approximate surface area is 68.2 Å². The van der Waals surface area contributed by atoms with E-state index < -0.39 is 0 Å². The monoisotopic (exact) mass is 153 g/mol. The summed E-state index contributed by atoms with van der Waals surface area (Å²) >= 11 is 0. The van der Waals surface area contributed by atoms with Gasteiger partial charge in [-0.3, -0.25) is 0 Å². The van der Waals surface area contributed by atoms with E-state index >= 15 is 0 Å². The summed E-state index contributed by atoms with van der Waals surface area (Å²) in [5, 5.41) is 0. The summed E-state index contributed by atoms with van der Waals surface area (Å²) < 4.78 is 5.09. The van der Waals surface area contributed by atoms with Crippen molar-refractivity contribution < 1.29 is 4.74 Å². The van der Waals surface area contributed by atoms with Gasteiger partial charge in [0.05, 0.1) is 6.61 Å². The second-order valence-corrected chi connectivity index (χ2v) is 1.60. The van der Waals surface area contributed by atoms with Crippen molar-refractivity contribution >= 4 is 0 Å². The topological polar surface area (TPSA) is 22.1 Å². The van der Waals surface area contributed by atoms with Crippen LogP contribution in [0.1, 0.15) is 20.8 Å². The van der Waals surface area contributed by atoms with Crippen LogP contribution in [-0.4, -0.2) is 11.6 Å². The van der Waals surface area contributed by atoms with E-state index in [-0.39, 0.29) is 0 Å². The van der Waals surface area contributed by atoms with Crippen molar-refractivity contribution in [1.82, 2.24) is 4.98 Å². The summed E-state index contributed by atoms with van der Waals surface area (Å²) in [6, 6.07) is 5.60. The minimum atomic E-state index is 0.678. The Morgan fingerprint density at radius 2 is 2.09 bits per heavy atom. The summed E-state index contributed by atoms with van der Waals surface area (Å²) in [6.07, 6.45) is 1.71. The summed E-state index contributed by atoms with van der Waals surface area (Å²) in [7, 11) is 0. The molecule has 0 bridgehead atoms. The lowest BCUT2D eigenvalue weighted by molar-refractivity contribution is 0.327. The fourth-order valence-corrected chi connectivity index (χ4v) is 0.580. The largest absolute Gasteiger partial charge is 0.478 e. The van der Waals surface area contributed by atoms with Crippen molar-refractivity contribution in [3.63, 3.8) is 0 Å². The molecule has 1 aromatic rings. The van der Waals surface area contributed by atoms with Crippen LogP contribution in [0.4, 0.5) is 0 Å². The first kappa shape index (κ1) is 9.95. The van der Waals surface area contributed by atoms with Gasteiger partial charge >= 0.3 is 0 Å². The van der Waals surface area contributed by atoms with Gasteiger partial charge in [-0.15, -0.1) is 0 Å². The van der Waals surface area contributed by atoms with Gasteiger partial charge in [0, 0.05) is 12.3 Å². The molecule has 0 atom stereocenters. The van der Waals surface area contributed by atoms with Gasteiger partial charge in [-0.05, 0) is 13.0 Å². The number of pyridine rings is 1. The molecule has 11 heavy (non-hydrogen) atoms. The van der Waals surface area contributed by atoms with Crippen LogP contribution in [0.2, 0.25) is 0 Å². The van der Waals surface area contributed by atoms with Crippen LogP contribution in [-0.2, 0) is 0 Å². The highest BCUT2D eigenvalue weighted by atomic mass is 16.5. The third-order valence-corrected chi connectivity index (χ3v) is 0.930. The van der Waals surface area contributed by atoms with E-state index in [1.54, 1.807) is 6.20 Å². The average Bonchev–Trinajstić information content (AvgIpc) is 2.11. The quantitative estimate of drug-likeness (QED) is 0.651. The molecule has 0 N–H and O–H groups in total. The normalized spacial score (nSPS) is 7.91. The van der Waals surface area contributed by atoms with Crippen LogP contribution >= 0.6 is 0 Å². The molecule has 2 nitrogen and oxygen atoms in total. The molecule has 62 valence electrons. The Kier molecular flexibility index (Phi) is 6.39. The molecule has 0 spiro atoms. The average molecular weight is 153 g/mol. The van der Waals surface area contributed by atoms with Crippen LogP contribution in [0, 0.1) is 0 Å². The summed E-state index contributed by atoms with van der Waals surface area (Å²) in [5.74, 6) is 0.694. The first-order valence-corrected chi connectivity index (χ1v) is 3.97. The molecular weight excluding hydrogens is 138 g/mol. The van der Waals surface area contributed by atoms with E-state index in [1.807, 2.05) is 39.0 Å². The van der Waals surface area contributed by atoms with E-state index in [1.165, 1.54) is 0 Å². The van der Waals surface area contributed by atoms with Gasteiger partial charge in [-0.1, -0.05) is 19.9 Å². The number of rotatable bonds is 2. The number of hydrogen-bond acceptors (Lipinski definition) is 2. The van der Waals surface area contributed by atoms with E-state index in [2.05, 4.69) is 4.98 Å². The second kappa shape index (κ2) is 7.06. The first-order chi connectivity index (χ1) is 5.43. The van der Waals surface area contributed by atoms with Crippen LogP contribution < -0.4 is 4.74 Å². The zero-order valence-electron chi connectivity index (χ0n) is 7.37. The Morgan fingerprint density at radius 3 is 2.55 bits per heavy atom. The third kappa shape index (κ3) is 4.37. The van der Waals surface area contributed by atoms with Gasteiger partial charge in [-0.25, -0.2) is 4.98 Å². The lowest BCUT2D eigenvalue weighted by Gasteiger charge is -1.97. The van der Waals surface area contributed by atoms with E-state index in [0.717, 1.165) is 0 Å². The minimum absolute atomic E-state index is 0.678. The zero-order valence-corrected chi connectivity index (χ0v) is 7.37. The SMILES string of the molecule is CC.CCOc1ccccn1. The predicted molar refractivity (Wildman–Crippen MR) is 46.8 cm³/mol. The Morgan fingerprint density at radius 1 is 1.36 bits per heavy atom. The predicted octanol–water partition coefficient (Wildman–Crippen LogP) is 2.51. The molecule has 0 aromatic carbocycles. The van der Waals surface area contributed by atoms with Gasteiger partial charge in [0.2, 0.25) is 5.88 Å². The van der Waals surface area contributed by atoms with Crippen LogP contribution in [0.5, 0.6) is 5.88 Å². The molecular formula is C9H15NO. The zero-order chi connectivity index (χ0) is 8.53. The van der Waals surface area contributed by atoms with E-state index in [4.69, 9.17) is 4.74 Å². The molecule has 0 saturated heterocycles. The minimum Gasteiger partial charge on any atom is -0.478 e. The Balaban J connectivity index is 0.000000461. The molecule has 0 aliphatic carbocycles. The maximum Gasteiger partial charge on any atom is 0.213 e. The van der Waals surface area contributed by atoms with Gasteiger partial charge in [-0.2, -0.15) is 0 Å². The highest BCUT2D eigenvalue weighted by Gasteiger charge is 1.85. The molecule has 0 aliphatic heterocycles. The molecule has 0 amide bonds. The van der Waals surface area contributed by atoms with Gasteiger partial charge in [0.15, 0.2) is 0 Å². The lowest BCUT2D eigenvalue weighted by atomic mass is 10.5. The van der Waals surface area contributed by atoms with Crippen molar-refractivity contribution in [1.29, 1.82) is 0 Å². The standard InChI is InChI=1S/C7H9NO.C2H6/c1-2-9-7-5-3-4-6-8-7;1-2/h3-6H,2H2,1H3;1-2H3. The van der Waals surface area contributed by atoms with Crippen molar-refractivity contribution in [3.8, 4) is 5.88 Å². The van der Waals surface area contributed by atoms with Crippen LogP contribution in [0.15, 0.2) is 24.4 Å². The summed E-state index contributed by atoms with van der Waals surface area (Å²) in [6.45, 7) is 6.62. The summed E-state index contributed by atoms with van der Waals surface area (Å²) in [4.78, 5) is 3.95. The van der Waals surface area contributed by atoms with Crippen molar-refractivity contribution in [3.05, 3.63) is 24.4 Å².